The van der Waals surface area contributed by atoms with Gasteiger partial charge in [0.1, 0.15) is 11.3 Å². The molecule has 3 aromatic rings. The van der Waals surface area contributed by atoms with Crippen molar-refractivity contribution in [3.8, 4) is 11.3 Å². The highest BCUT2D eigenvalue weighted by molar-refractivity contribution is 5.94. The third-order valence-corrected chi connectivity index (χ3v) is 6.34. The van der Waals surface area contributed by atoms with Crippen molar-refractivity contribution in [1.29, 1.82) is 0 Å². The maximum absolute atomic E-state index is 6.15. The Labute approximate surface area is 180 Å². The largest absolute Gasteiger partial charge is 0.461 e. The smallest absolute Gasteiger partial charge is 0.143 e. The third kappa shape index (κ3) is 4.14. The predicted octanol–water partition coefficient (Wildman–Crippen LogP) is 8.38. The molecule has 0 atom stereocenters. The van der Waals surface area contributed by atoms with Crippen LogP contribution in [0.4, 0.5) is 0 Å². The van der Waals surface area contributed by atoms with Gasteiger partial charge in [-0.3, -0.25) is 4.98 Å². The molecule has 1 saturated carbocycles. The molecule has 1 aliphatic carbocycles. The first kappa shape index (κ1) is 20.7. The maximum Gasteiger partial charge on any atom is 0.143 e. The SMILES string of the molecule is C=C/C(=C\c1ccnc(-c2cc(C3CCCC3)cc3cc(C)oc23)c1C)CC(C)C. The van der Waals surface area contributed by atoms with Gasteiger partial charge in [0.25, 0.3) is 0 Å². The fraction of sp³-hybridized carbons (Fsp3) is 0.393. The lowest BCUT2D eigenvalue weighted by molar-refractivity contribution is 0.579. The number of aryl methyl sites for hydroxylation is 1. The fourth-order valence-corrected chi connectivity index (χ4v) is 4.83. The van der Waals surface area contributed by atoms with E-state index >= 15 is 0 Å². The molecule has 0 N–H and O–H groups in total. The summed E-state index contributed by atoms with van der Waals surface area (Å²) in [6, 6.07) is 8.94. The summed E-state index contributed by atoms with van der Waals surface area (Å²) >= 11 is 0. The van der Waals surface area contributed by atoms with Crippen LogP contribution < -0.4 is 0 Å². The second kappa shape index (κ2) is 8.63. The molecule has 30 heavy (non-hydrogen) atoms. The van der Waals surface area contributed by atoms with E-state index in [1.165, 1.54) is 53.3 Å². The Kier molecular flexibility index (Phi) is 5.94. The third-order valence-electron chi connectivity index (χ3n) is 6.34. The van der Waals surface area contributed by atoms with Gasteiger partial charge in [-0.2, -0.15) is 0 Å². The number of hydrogen-bond acceptors (Lipinski definition) is 2. The molecule has 0 bridgehead atoms. The quantitative estimate of drug-likeness (QED) is 0.389. The predicted molar refractivity (Wildman–Crippen MR) is 128 cm³/mol. The molecule has 1 aliphatic rings. The van der Waals surface area contributed by atoms with Crippen LogP contribution in [0.15, 0.2) is 53.1 Å². The molecule has 1 fully saturated rings. The van der Waals surface area contributed by atoms with E-state index in [9.17, 15) is 0 Å². The van der Waals surface area contributed by atoms with Crippen molar-refractivity contribution in [2.45, 2.75) is 65.7 Å². The van der Waals surface area contributed by atoms with Crippen molar-refractivity contribution in [2.75, 3.05) is 0 Å². The minimum Gasteiger partial charge on any atom is -0.461 e. The van der Waals surface area contributed by atoms with Crippen molar-refractivity contribution in [2.24, 2.45) is 5.92 Å². The Morgan fingerprint density at radius 3 is 2.67 bits per heavy atom. The van der Waals surface area contributed by atoms with Crippen LogP contribution in [0.2, 0.25) is 0 Å². The van der Waals surface area contributed by atoms with Gasteiger partial charge in [0.15, 0.2) is 0 Å². The Morgan fingerprint density at radius 1 is 1.20 bits per heavy atom. The number of furan rings is 1. The monoisotopic (exact) mass is 399 g/mol. The summed E-state index contributed by atoms with van der Waals surface area (Å²) in [6.07, 6.45) is 12.4. The normalized spacial score (nSPS) is 15.4. The van der Waals surface area contributed by atoms with Gasteiger partial charge in [0.2, 0.25) is 0 Å². The van der Waals surface area contributed by atoms with Gasteiger partial charge < -0.3 is 4.42 Å². The van der Waals surface area contributed by atoms with Gasteiger partial charge >= 0.3 is 0 Å². The zero-order valence-corrected chi connectivity index (χ0v) is 18.8. The van der Waals surface area contributed by atoms with Gasteiger partial charge in [-0.25, -0.2) is 0 Å². The molecule has 2 heterocycles. The first-order chi connectivity index (χ1) is 14.5. The summed E-state index contributed by atoms with van der Waals surface area (Å²) in [5.41, 5.74) is 8.21. The molecule has 0 amide bonds. The average Bonchev–Trinajstić information content (AvgIpc) is 3.36. The minimum atomic E-state index is 0.602. The average molecular weight is 400 g/mol. The summed E-state index contributed by atoms with van der Waals surface area (Å²) in [5.74, 6) is 2.21. The molecule has 0 aliphatic heterocycles. The Morgan fingerprint density at radius 2 is 1.97 bits per heavy atom. The van der Waals surface area contributed by atoms with Crippen LogP contribution in [0.3, 0.4) is 0 Å². The van der Waals surface area contributed by atoms with Crippen molar-refractivity contribution in [3.63, 3.8) is 0 Å². The van der Waals surface area contributed by atoms with E-state index in [1.807, 2.05) is 19.2 Å². The summed E-state index contributed by atoms with van der Waals surface area (Å²) in [4.78, 5) is 4.82. The maximum atomic E-state index is 6.15. The lowest BCUT2D eigenvalue weighted by Gasteiger charge is -2.14. The standard InChI is InChI=1S/C28H33NO/c1-6-21(13-18(2)3)15-23-11-12-29-27(20(23)5)26-17-24(22-9-7-8-10-22)16-25-14-19(4)30-28(25)26/h6,11-12,14-18,22H,1,7-10,13H2,2-5H3/b21-15+. The van der Waals surface area contributed by atoms with Crippen LogP contribution >= 0.6 is 0 Å². The van der Waals surface area contributed by atoms with Crippen molar-refractivity contribution in [3.05, 3.63) is 71.1 Å². The molecule has 2 aromatic heterocycles. The van der Waals surface area contributed by atoms with Crippen LogP contribution in [0.1, 0.15) is 74.3 Å². The van der Waals surface area contributed by atoms with Crippen LogP contribution in [-0.4, -0.2) is 4.98 Å². The number of aromatic nitrogens is 1. The molecule has 0 radical (unpaired) electrons. The van der Waals surface area contributed by atoms with E-state index in [1.54, 1.807) is 0 Å². The van der Waals surface area contributed by atoms with E-state index in [2.05, 4.69) is 57.7 Å². The second-order valence-electron chi connectivity index (χ2n) is 9.22. The van der Waals surface area contributed by atoms with Gasteiger partial charge in [0.05, 0.1) is 5.69 Å². The minimum absolute atomic E-state index is 0.602. The number of hydrogen-bond donors (Lipinski definition) is 0. The fourth-order valence-electron chi connectivity index (χ4n) is 4.83. The molecular formula is C28H33NO. The van der Waals surface area contributed by atoms with E-state index < -0.39 is 0 Å². The van der Waals surface area contributed by atoms with Crippen LogP contribution in [-0.2, 0) is 0 Å². The first-order valence-corrected chi connectivity index (χ1v) is 11.3. The molecule has 2 nitrogen and oxygen atoms in total. The van der Waals surface area contributed by atoms with Crippen molar-refractivity contribution < 1.29 is 4.42 Å². The molecule has 2 heteroatoms. The van der Waals surface area contributed by atoms with Gasteiger partial charge in [0, 0.05) is 17.1 Å². The Bertz CT molecular complexity index is 1090. The Balaban J connectivity index is 1.86. The number of rotatable bonds is 6. The highest BCUT2D eigenvalue weighted by Crippen LogP contribution is 2.40. The number of nitrogens with zero attached hydrogens (tertiary/aromatic N) is 1. The summed E-state index contributed by atoms with van der Waals surface area (Å²) in [5, 5.41) is 1.20. The molecule has 4 rings (SSSR count). The Hall–Kier alpha value is -2.61. The number of allylic oxidation sites excluding steroid dienone is 2. The zero-order valence-electron chi connectivity index (χ0n) is 18.8. The van der Waals surface area contributed by atoms with Crippen LogP contribution in [0.5, 0.6) is 0 Å². The number of benzene rings is 1. The van der Waals surface area contributed by atoms with Gasteiger partial charge in [-0.15, -0.1) is 0 Å². The molecule has 1 aromatic carbocycles. The highest BCUT2D eigenvalue weighted by Gasteiger charge is 2.21. The molecule has 156 valence electrons. The highest BCUT2D eigenvalue weighted by atomic mass is 16.3. The first-order valence-electron chi connectivity index (χ1n) is 11.3. The van der Waals surface area contributed by atoms with E-state index in [4.69, 9.17) is 9.40 Å². The number of fused-ring (bicyclic) bond motifs is 1. The number of pyridine rings is 1. The molecule has 0 unspecified atom stereocenters. The lowest BCUT2D eigenvalue weighted by atomic mass is 9.91. The lowest BCUT2D eigenvalue weighted by Crippen LogP contribution is -1.97. The van der Waals surface area contributed by atoms with Crippen molar-refractivity contribution >= 4 is 17.0 Å². The second-order valence-corrected chi connectivity index (χ2v) is 9.22. The van der Waals surface area contributed by atoms with Gasteiger partial charge in [-0.1, -0.05) is 45.4 Å². The van der Waals surface area contributed by atoms with Gasteiger partial charge in [-0.05, 0) is 91.5 Å². The van der Waals surface area contributed by atoms with Crippen molar-refractivity contribution in [1.82, 2.24) is 4.98 Å². The molecular weight excluding hydrogens is 366 g/mol. The van der Waals surface area contributed by atoms with E-state index in [-0.39, 0.29) is 0 Å². The summed E-state index contributed by atoms with van der Waals surface area (Å²) in [7, 11) is 0. The van der Waals surface area contributed by atoms with Crippen LogP contribution in [0.25, 0.3) is 28.3 Å². The van der Waals surface area contributed by atoms with E-state index in [0.717, 1.165) is 29.0 Å². The molecule has 0 saturated heterocycles. The summed E-state index contributed by atoms with van der Waals surface area (Å²) < 4.78 is 6.15. The topological polar surface area (TPSA) is 26.0 Å². The zero-order chi connectivity index (χ0) is 21.3. The van der Waals surface area contributed by atoms with E-state index in [0.29, 0.717) is 11.8 Å². The summed E-state index contributed by atoms with van der Waals surface area (Å²) in [6.45, 7) is 12.7. The van der Waals surface area contributed by atoms with Crippen LogP contribution in [0, 0.1) is 19.8 Å². The molecule has 0 spiro atoms.